The molecule has 6 nitrogen and oxygen atoms in total. The van der Waals surface area contributed by atoms with Crippen molar-refractivity contribution < 1.29 is 26.3 Å². The fourth-order valence-electron chi connectivity index (χ4n) is 6.97. The number of carbonyl (C=O) groups is 1. The van der Waals surface area contributed by atoms with E-state index >= 15 is 0 Å². The summed E-state index contributed by atoms with van der Waals surface area (Å²) in [6.45, 7) is 12.0. The van der Waals surface area contributed by atoms with Crippen LogP contribution in [-0.4, -0.2) is 32.2 Å². The Balaban J connectivity index is 1.51. The highest BCUT2D eigenvalue weighted by Gasteiger charge is 2.66. The normalized spacial score (nSPS) is 21.1. The molecule has 0 aliphatic heterocycles. The predicted molar refractivity (Wildman–Crippen MR) is 193 cm³/mol. The van der Waals surface area contributed by atoms with E-state index in [9.17, 15) is 13.2 Å². The first-order valence-corrected chi connectivity index (χ1v) is 21.5. The summed E-state index contributed by atoms with van der Waals surface area (Å²) in [6.07, 6.45) is 1.83. The van der Waals surface area contributed by atoms with E-state index in [0.717, 1.165) is 28.8 Å². The second kappa shape index (κ2) is 13.2. The van der Waals surface area contributed by atoms with Gasteiger partial charge in [-0.25, -0.2) is 3.63 Å². The van der Waals surface area contributed by atoms with E-state index in [4.69, 9.17) is 13.1 Å². The van der Waals surface area contributed by atoms with Crippen molar-refractivity contribution in [1.82, 2.24) is 0 Å². The van der Waals surface area contributed by atoms with Crippen LogP contribution >= 0.6 is 44.7 Å². The van der Waals surface area contributed by atoms with Gasteiger partial charge in [0.1, 0.15) is 17.3 Å². The number of benzene rings is 2. The molecule has 0 amide bonds. The van der Waals surface area contributed by atoms with Crippen molar-refractivity contribution in [3.05, 3.63) is 78.2 Å². The average Bonchev–Trinajstić information content (AvgIpc) is 3.77. The minimum atomic E-state index is -4.26. The maximum Gasteiger partial charge on any atom is 0.278 e. The first kappa shape index (κ1) is 34.6. The summed E-state index contributed by atoms with van der Waals surface area (Å²) < 4.78 is 50.9. The summed E-state index contributed by atoms with van der Waals surface area (Å²) in [5.74, 6) is 1.29. The summed E-state index contributed by atoms with van der Waals surface area (Å²) in [5.41, 5.74) is -1.38. The van der Waals surface area contributed by atoms with Crippen LogP contribution in [-0.2, 0) is 18.5 Å². The highest BCUT2D eigenvalue weighted by Crippen LogP contribution is 2.73. The lowest BCUT2D eigenvalue weighted by molar-refractivity contribution is -0.128. The van der Waals surface area contributed by atoms with Gasteiger partial charge in [-0.05, 0) is 134 Å². The molecule has 0 saturated heterocycles. The number of hydrogen-bond acceptors (Lipinski definition) is 9. The first-order valence-electron chi connectivity index (χ1n) is 15.9. The van der Waals surface area contributed by atoms with E-state index in [1.807, 2.05) is 99.8 Å². The second-order valence-electron chi connectivity index (χ2n) is 13.4. The van der Waals surface area contributed by atoms with Crippen LogP contribution in [0.4, 0.5) is 0 Å². The summed E-state index contributed by atoms with van der Waals surface area (Å²) in [4.78, 5) is 14.9. The zero-order valence-electron chi connectivity index (χ0n) is 27.6. The third-order valence-corrected chi connectivity index (χ3v) is 18.4. The fourth-order valence-corrected chi connectivity index (χ4v) is 17.2. The van der Waals surface area contributed by atoms with Crippen LogP contribution in [0.2, 0.25) is 0 Å². The highest BCUT2D eigenvalue weighted by atomic mass is 32.3. The molecule has 2 aliphatic rings. The van der Waals surface area contributed by atoms with Crippen molar-refractivity contribution in [3.63, 3.8) is 0 Å². The van der Waals surface area contributed by atoms with Crippen LogP contribution < -0.4 is 9.47 Å². The standard InChI is InChI=1S/C36H42O6S5/c1-24(2)40-27-9-13-29(14-10-27)47(30-15-11-28(12-16-30)41-25(3)4,34-18-17-33(45-34)44-32-8-7-21-43-32)42-46(38,39)23-36-20-19-26(22-31(36)37)35(36,5)6/h7-18,21,24-26H,19-20,22-23H2,1-6H3. The van der Waals surface area contributed by atoms with Crippen molar-refractivity contribution >= 4 is 60.6 Å². The minimum Gasteiger partial charge on any atom is -0.491 e. The van der Waals surface area contributed by atoms with E-state index in [-0.39, 0.29) is 29.7 Å². The van der Waals surface area contributed by atoms with Gasteiger partial charge in [-0.15, -0.1) is 22.7 Å². The molecule has 0 radical (unpaired) electrons. The van der Waals surface area contributed by atoms with E-state index in [1.165, 1.54) is 0 Å². The Morgan fingerprint density at radius 3 is 1.91 bits per heavy atom. The van der Waals surface area contributed by atoms with Gasteiger partial charge in [-0.1, -0.05) is 31.7 Å². The van der Waals surface area contributed by atoms with Gasteiger partial charge in [-0.3, -0.25) is 4.79 Å². The molecule has 0 spiro atoms. The Bertz CT molecular complexity index is 1750. The Morgan fingerprint density at radius 1 is 0.851 bits per heavy atom. The fraction of sp³-hybridized carbons (Fsp3) is 0.417. The number of hydrogen-bond donors (Lipinski definition) is 0. The predicted octanol–water partition coefficient (Wildman–Crippen LogP) is 10.5. The topological polar surface area (TPSA) is 78.9 Å². The van der Waals surface area contributed by atoms with Gasteiger partial charge >= 0.3 is 0 Å². The number of ketones is 1. The van der Waals surface area contributed by atoms with Gasteiger partial charge in [0.05, 0.1) is 36.0 Å². The summed E-state index contributed by atoms with van der Waals surface area (Å²) in [5, 5.41) is 2.04. The SMILES string of the molecule is CC(C)Oc1ccc(S(OS(=O)(=O)CC23CCC(CC2=O)C3(C)C)(c2ccc(OC(C)C)cc2)c2ccc(Sc3cccs3)s2)cc1. The molecule has 2 aromatic carbocycles. The van der Waals surface area contributed by atoms with Gasteiger partial charge in [0.15, 0.2) is 0 Å². The van der Waals surface area contributed by atoms with Gasteiger partial charge in [0.2, 0.25) is 0 Å². The Morgan fingerprint density at radius 2 is 1.45 bits per heavy atom. The molecule has 2 aromatic heterocycles. The molecule has 2 fully saturated rings. The summed E-state index contributed by atoms with van der Waals surface area (Å²) in [7, 11) is -7.12. The molecule has 2 bridgehead atoms. The number of rotatable bonds is 13. The first-order chi connectivity index (χ1) is 22.2. The quantitative estimate of drug-likeness (QED) is 0.135. The number of Topliss-reactive ketones (excluding diaryl/α,β-unsaturated/α-hetero) is 1. The van der Waals surface area contributed by atoms with Crippen LogP contribution in [0.15, 0.2) is 101 Å². The van der Waals surface area contributed by atoms with Gasteiger partial charge < -0.3 is 9.47 Å². The molecule has 47 heavy (non-hydrogen) atoms. The Hall–Kier alpha value is -2.28. The molecule has 2 atom stereocenters. The summed E-state index contributed by atoms with van der Waals surface area (Å²) in [6, 6.07) is 23.3. The maximum atomic E-state index is 14.6. The lowest BCUT2D eigenvalue weighted by Gasteiger charge is -2.41. The monoisotopic (exact) mass is 730 g/mol. The third-order valence-electron chi connectivity index (χ3n) is 9.36. The van der Waals surface area contributed by atoms with Crippen LogP contribution in [0.3, 0.4) is 0 Å². The highest BCUT2D eigenvalue weighted by molar-refractivity contribution is 8.34. The van der Waals surface area contributed by atoms with E-state index in [1.54, 1.807) is 34.4 Å². The number of ether oxygens (including phenoxy) is 2. The molecule has 11 heteroatoms. The van der Waals surface area contributed by atoms with E-state index < -0.39 is 31.3 Å². The van der Waals surface area contributed by atoms with Crippen LogP contribution in [0, 0.1) is 16.7 Å². The van der Waals surface area contributed by atoms with E-state index in [0.29, 0.717) is 24.3 Å². The van der Waals surface area contributed by atoms with Crippen molar-refractivity contribution in [3.8, 4) is 11.5 Å². The van der Waals surface area contributed by atoms with Crippen LogP contribution in [0.1, 0.15) is 60.8 Å². The molecular weight excluding hydrogens is 689 g/mol. The van der Waals surface area contributed by atoms with Crippen LogP contribution in [0.25, 0.3) is 0 Å². The van der Waals surface area contributed by atoms with Crippen molar-refractivity contribution in [2.45, 2.75) is 95.4 Å². The van der Waals surface area contributed by atoms with Crippen molar-refractivity contribution in [2.75, 3.05) is 5.75 Å². The lowest BCUT2D eigenvalue weighted by Crippen LogP contribution is -2.42. The zero-order valence-corrected chi connectivity index (χ0v) is 31.6. The lowest BCUT2D eigenvalue weighted by atomic mass is 9.70. The molecule has 2 unspecified atom stereocenters. The molecule has 0 N–H and O–H groups in total. The van der Waals surface area contributed by atoms with Crippen LogP contribution in [0.5, 0.6) is 11.5 Å². The third kappa shape index (κ3) is 6.68. The van der Waals surface area contributed by atoms with Gasteiger partial charge in [0.25, 0.3) is 10.1 Å². The van der Waals surface area contributed by atoms with Crippen molar-refractivity contribution in [2.24, 2.45) is 16.7 Å². The molecule has 2 aliphatic carbocycles. The second-order valence-corrected chi connectivity index (χ2v) is 21.7. The molecule has 2 heterocycles. The zero-order chi connectivity index (χ0) is 33.6. The average molecular weight is 731 g/mol. The molecular formula is C36H42O6S5. The molecule has 252 valence electrons. The van der Waals surface area contributed by atoms with Crippen molar-refractivity contribution in [1.29, 1.82) is 0 Å². The number of thiophene rings is 2. The van der Waals surface area contributed by atoms with E-state index in [2.05, 4.69) is 19.9 Å². The number of fused-ring (bicyclic) bond motifs is 2. The maximum absolute atomic E-state index is 14.6. The Kier molecular flexibility index (Phi) is 9.72. The largest absolute Gasteiger partial charge is 0.491 e. The molecule has 4 aromatic rings. The minimum absolute atomic E-state index is 0.0148. The molecule has 6 rings (SSSR count). The van der Waals surface area contributed by atoms with Gasteiger partial charge in [-0.2, -0.15) is 8.42 Å². The molecule has 2 saturated carbocycles. The summed E-state index contributed by atoms with van der Waals surface area (Å²) >= 11 is 4.86. The Labute approximate surface area is 292 Å². The van der Waals surface area contributed by atoms with Gasteiger partial charge in [0, 0.05) is 16.2 Å². The smallest absolute Gasteiger partial charge is 0.278 e. The number of carbonyl (C=O) groups excluding carboxylic acids is 1.